The van der Waals surface area contributed by atoms with Gasteiger partial charge in [0.15, 0.2) is 5.65 Å². The monoisotopic (exact) mass is 273 g/mol. The number of hydrogen-bond acceptors (Lipinski definition) is 6. The summed E-state index contributed by atoms with van der Waals surface area (Å²) in [6.45, 7) is 0.503. The van der Waals surface area contributed by atoms with Crippen LogP contribution in [0.1, 0.15) is 32.1 Å². The van der Waals surface area contributed by atoms with Crippen molar-refractivity contribution < 1.29 is 5.11 Å². The van der Waals surface area contributed by atoms with Crippen LogP contribution in [0.25, 0.3) is 11.0 Å². The van der Waals surface area contributed by atoms with E-state index >= 15 is 0 Å². The topological polar surface area (TPSA) is 97.0 Å². The van der Waals surface area contributed by atoms with Crippen LogP contribution in [-0.4, -0.2) is 32.2 Å². The van der Waals surface area contributed by atoms with Crippen molar-refractivity contribution in [1.82, 2.24) is 15.0 Å². The Bertz CT molecular complexity index is 610. The largest absolute Gasteiger partial charge is 0.388 e. The van der Waals surface area contributed by atoms with E-state index < -0.39 is 5.60 Å². The first kappa shape index (κ1) is 13.1. The molecule has 0 amide bonds. The van der Waals surface area contributed by atoms with Gasteiger partial charge in [0.2, 0.25) is 0 Å². The van der Waals surface area contributed by atoms with Gasteiger partial charge in [0.05, 0.1) is 11.0 Å². The minimum absolute atomic E-state index is 0.438. The number of pyridine rings is 1. The number of aromatic nitrogens is 3. The molecule has 2 aromatic heterocycles. The maximum Gasteiger partial charge on any atom is 0.166 e. The number of hydrogen-bond donors (Lipinski definition) is 3. The molecule has 1 saturated carbocycles. The highest BCUT2D eigenvalue weighted by molar-refractivity contribution is 5.87. The Morgan fingerprint density at radius 1 is 1.20 bits per heavy atom. The summed E-state index contributed by atoms with van der Waals surface area (Å²) in [6.07, 6.45) is 6.52. The number of nitrogens with zero attached hydrogens (tertiary/aromatic N) is 3. The summed E-state index contributed by atoms with van der Waals surface area (Å²) in [5.74, 6) is 1.13. The Morgan fingerprint density at radius 2 is 2.00 bits per heavy atom. The molecule has 0 bridgehead atoms. The molecule has 0 atom stereocenters. The third-order valence-corrected chi connectivity index (χ3v) is 3.89. The molecule has 4 N–H and O–H groups in total. The summed E-state index contributed by atoms with van der Waals surface area (Å²) < 4.78 is 0. The molecule has 0 aromatic carbocycles. The van der Waals surface area contributed by atoms with Crippen LogP contribution in [0.3, 0.4) is 0 Å². The number of nitrogens with two attached hydrogens (primary N) is 1. The molecule has 1 fully saturated rings. The van der Waals surface area contributed by atoms with Crippen LogP contribution in [0, 0.1) is 0 Å². The Hall–Kier alpha value is -1.95. The Balaban J connectivity index is 1.80. The van der Waals surface area contributed by atoms with E-state index in [-0.39, 0.29) is 0 Å². The maximum atomic E-state index is 10.5. The number of anilines is 2. The van der Waals surface area contributed by atoms with Crippen LogP contribution >= 0.6 is 0 Å². The van der Waals surface area contributed by atoms with Crippen molar-refractivity contribution in [2.75, 3.05) is 17.6 Å². The van der Waals surface area contributed by atoms with Gasteiger partial charge in [-0.25, -0.2) is 15.0 Å². The van der Waals surface area contributed by atoms with Crippen molar-refractivity contribution in [2.24, 2.45) is 0 Å². The Labute approximate surface area is 117 Å². The first-order valence-electron chi connectivity index (χ1n) is 7.00. The molecule has 2 aromatic rings. The second-order valence-electron chi connectivity index (χ2n) is 5.47. The van der Waals surface area contributed by atoms with E-state index in [1.807, 2.05) is 6.07 Å². The summed E-state index contributed by atoms with van der Waals surface area (Å²) in [5.41, 5.74) is 5.59. The van der Waals surface area contributed by atoms with E-state index in [4.69, 9.17) is 5.73 Å². The zero-order valence-corrected chi connectivity index (χ0v) is 11.3. The van der Waals surface area contributed by atoms with E-state index in [9.17, 15) is 5.11 Å². The number of aliphatic hydroxyl groups is 1. The van der Waals surface area contributed by atoms with Crippen molar-refractivity contribution >= 4 is 22.7 Å². The molecule has 0 radical (unpaired) electrons. The maximum absolute atomic E-state index is 10.5. The third-order valence-electron chi connectivity index (χ3n) is 3.89. The van der Waals surface area contributed by atoms with Gasteiger partial charge in [-0.3, -0.25) is 0 Å². The number of nitrogen functional groups attached to an aromatic ring is 1. The fraction of sp³-hybridized carbons (Fsp3) is 0.500. The molecule has 2 heterocycles. The highest BCUT2D eigenvalue weighted by atomic mass is 16.3. The fourth-order valence-corrected chi connectivity index (χ4v) is 2.73. The average molecular weight is 273 g/mol. The van der Waals surface area contributed by atoms with Crippen LogP contribution in [0.5, 0.6) is 0 Å². The predicted octanol–water partition coefficient (Wildman–Crippen LogP) is 1.71. The molecule has 0 saturated heterocycles. The smallest absolute Gasteiger partial charge is 0.166 e. The van der Waals surface area contributed by atoms with E-state index in [2.05, 4.69) is 20.3 Å². The quantitative estimate of drug-likeness (QED) is 0.787. The van der Waals surface area contributed by atoms with Crippen LogP contribution in [0.4, 0.5) is 11.6 Å². The lowest BCUT2D eigenvalue weighted by molar-refractivity contribution is 0.0167. The lowest BCUT2D eigenvalue weighted by atomic mass is 9.85. The molecule has 6 heteroatoms. The van der Waals surface area contributed by atoms with Crippen LogP contribution in [-0.2, 0) is 0 Å². The highest BCUT2D eigenvalue weighted by Crippen LogP contribution is 2.28. The molecule has 3 rings (SSSR count). The number of fused-ring (bicyclic) bond motifs is 1. The van der Waals surface area contributed by atoms with Gasteiger partial charge >= 0.3 is 0 Å². The molecule has 0 spiro atoms. The zero-order valence-electron chi connectivity index (χ0n) is 11.3. The Morgan fingerprint density at radius 3 is 2.80 bits per heavy atom. The molecular weight excluding hydrogens is 254 g/mol. The van der Waals surface area contributed by atoms with Crippen LogP contribution < -0.4 is 11.1 Å². The molecule has 20 heavy (non-hydrogen) atoms. The minimum atomic E-state index is -0.628. The highest BCUT2D eigenvalue weighted by Gasteiger charge is 2.29. The Kier molecular flexibility index (Phi) is 3.40. The lowest BCUT2D eigenvalue weighted by Crippen LogP contribution is -2.39. The van der Waals surface area contributed by atoms with Gasteiger partial charge in [0, 0.05) is 6.54 Å². The standard InChI is InChI=1S/C14H19N5O/c15-11-5-4-10-12(17-9-18-13(10)19-11)16-8-14(20)6-2-1-3-7-14/h4-5,9,20H,1-3,6-8H2,(H3,15,16,17,18,19). The zero-order chi connectivity index (χ0) is 14.0. The van der Waals surface area contributed by atoms with Gasteiger partial charge in [-0.2, -0.15) is 0 Å². The van der Waals surface area contributed by atoms with Gasteiger partial charge in [0.25, 0.3) is 0 Å². The van der Waals surface area contributed by atoms with Gasteiger partial charge in [-0.15, -0.1) is 0 Å². The van der Waals surface area contributed by atoms with E-state index in [1.54, 1.807) is 6.07 Å². The lowest BCUT2D eigenvalue weighted by Gasteiger charge is -2.32. The van der Waals surface area contributed by atoms with Crippen LogP contribution in [0.15, 0.2) is 18.5 Å². The third kappa shape index (κ3) is 2.65. The molecule has 1 aliphatic rings. The average Bonchev–Trinajstić information content (AvgIpc) is 2.45. The van der Waals surface area contributed by atoms with E-state index in [1.165, 1.54) is 12.7 Å². The predicted molar refractivity (Wildman–Crippen MR) is 78.3 cm³/mol. The molecule has 106 valence electrons. The molecular formula is C14H19N5O. The summed E-state index contributed by atoms with van der Waals surface area (Å²) in [7, 11) is 0. The summed E-state index contributed by atoms with van der Waals surface area (Å²) >= 11 is 0. The molecule has 1 aliphatic carbocycles. The van der Waals surface area contributed by atoms with E-state index in [0.29, 0.717) is 23.8 Å². The second kappa shape index (κ2) is 5.20. The van der Waals surface area contributed by atoms with Gasteiger partial charge in [0.1, 0.15) is 18.0 Å². The first-order valence-corrected chi connectivity index (χ1v) is 7.00. The fourth-order valence-electron chi connectivity index (χ4n) is 2.73. The molecule has 0 aliphatic heterocycles. The SMILES string of the molecule is Nc1ccc2c(NCC3(O)CCCCC3)ncnc2n1. The molecule has 6 nitrogen and oxygen atoms in total. The first-order chi connectivity index (χ1) is 9.66. The van der Waals surface area contributed by atoms with Crippen LogP contribution in [0.2, 0.25) is 0 Å². The van der Waals surface area contributed by atoms with Crippen molar-refractivity contribution in [1.29, 1.82) is 0 Å². The van der Waals surface area contributed by atoms with Gasteiger partial charge in [-0.05, 0) is 25.0 Å². The number of rotatable bonds is 3. The normalized spacial score (nSPS) is 18.1. The van der Waals surface area contributed by atoms with Crippen molar-refractivity contribution in [3.63, 3.8) is 0 Å². The van der Waals surface area contributed by atoms with Crippen molar-refractivity contribution in [3.8, 4) is 0 Å². The minimum Gasteiger partial charge on any atom is -0.388 e. The van der Waals surface area contributed by atoms with E-state index in [0.717, 1.165) is 31.1 Å². The molecule has 0 unspecified atom stereocenters. The van der Waals surface area contributed by atoms with Crippen molar-refractivity contribution in [2.45, 2.75) is 37.7 Å². The summed E-state index contributed by atoms with van der Waals surface area (Å²) in [5, 5.41) is 14.6. The van der Waals surface area contributed by atoms with Gasteiger partial charge in [-0.1, -0.05) is 19.3 Å². The van der Waals surface area contributed by atoms with Crippen molar-refractivity contribution in [3.05, 3.63) is 18.5 Å². The summed E-state index contributed by atoms with van der Waals surface area (Å²) in [6, 6.07) is 3.58. The summed E-state index contributed by atoms with van der Waals surface area (Å²) in [4.78, 5) is 12.5. The van der Waals surface area contributed by atoms with Gasteiger partial charge < -0.3 is 16.2 Å². The number of nitrogens with one attached hydrogen (secondary N) is 1. The second-order valence-corrected chi connectivity index (χ2v) is 5.47.